The first-order chi connectivity index (χ1) is 12.9. The largest absolute Gasteiger partial charge is 0.507 e. The van der Waals surface area contributed by atoms with E-state index in [0.717, 1.165) is 11.1 Å². The summed E-state index contributed by atoms with van der Waals surface area (Å²) in [6, 6.07) is 10.2. The summed E-state index contributed by atoms with van der Waals surface area (Å²) in [5.41, 5.74) is 2.46. The molecule has 2 aromatic rings. The number of aliphatic hydroxyl groups is 1. The molecule has 2 heterocycles. The number of nitrogens with zero attached hydrogens (tertiary/aromatic N) is 2. The molecule has 1 aliphatic rings. The van der Waals surface area contributed by atoms with Gasteiger partial charge in [0.15, 0.2) is 0 Å². The van der Waals surface area contributed by atoms with Gasteiger partial charge in [0.05, 0.1) is 38.8 Å². The Morgan fingerprint density at radius 3 is 2.33 bits per heavy atom. The number of amides is 1. The molecule has 1 saturated heterocycles. The van der Waals surface area contributed by atoms with Crippen molar-refractivity contribution >= 4 is 17.4 Å². The van der Waals surface area contributed by atoms with Crippen LogP contribution in [0.2, 0.25) is 0 Å². The van der Waals surface area contributed by atoms with Crippen molar-refractivity contribution in [3.8, 4) is 0 Å². The number of carbonyl (C=O) groups excluding carboxylic acids is 2. The number of aryl methyl sites for hydroxylation is 1. The van der Waals surface area contributed by atoms with Gasteiger partial charge in [0.1, 0.15) is 5.76 Å². The van der Waals surface area contributed by atoms with E-state index in [0.29, 0.717) is 18.7 Å². The van der Waals surface area contributed by atoms with E-state index in [1.807, 2.05) is 33.2 Å². The average Bonchev–Trinajstić information content (AvgIpc) is 2.91. The highest BCUT2D eigenvalue weighted by Gasteiger charge is 2.46. The van der Waals surface area contributed by atoms with Gasteiger partial charge >= 0.3 is 0 Å². The number of ketones is 1. The monoisotopic (exact) mass is 366 g/mol. The van der Waals surface area contributed by atoms with E-state index in [2.05, 4.69) is 4.98 Å². The SMILES string of the molecule is Cc1ccc(C(O)=C2C(=O)C(=O)N(CC[NH+](C)C)[C@@H]2c2ccncc2)cc1. The van der Waals surface area contributed by atoms with Crippen LogP contribution in [0, 0.1) is 6.92 Å². The number of pyridine rings is 1. The molecule has 0 bridgehead atoms. The van der Waals surface area contributed by atoms with Crippen LogP contribution in [0.4, 0.5) is 0 Å². The first-order valence-corrected chi connectivity index (χ1v) is 8.94. The van der Waals surface area contributed by atoms with Crippen LogP contribution in [0.3, 0.4) is 0 Å². The van der Waals surface area contributed by atoms with Crippen LogP contribution in [0.15, 0.2) is 54.4 Å². The van der Waals surface area contributed by atoms with E-state index in [1.165, 1.54) is 4.90 Å². The maximum absolute atomic E-state index is 12.8. The quantitative estimate of drug-likeness (QED) is 0.470. The summed E-state index contributed by atoms with van der Waals surface area (Å²) in [4.78, 5) is 32.2. The summed E-state index contributed by atoms with van der Waals surface area (Å²) in [6.07, 6.45) is 3.25. The van der Waals surface area contributed by atoms with Gasteiger partial charge in [-0.3, -0.25) is 14.6 Å². The van der Waals surface area contributed by atoms with Crippen LogP contribution in [-0.2, 0) is 9.59 Å². The third-order valence-corrected chi connectivity index (χ3v) is 4.74. The summed E-state index contributed by atoms with van der Waals surface area (Å²) >= 11 is 0. The number of benzene rings is 1. The summed E-state index contributed by atoms with van der Waals surface area (Å²) < 4.78 is 0. The molecule has 0 saturated carbocycles. The number of aliphatic hydroxyl groups excluding tert-OH is 1. The van der Waals surface area contributed by atoms with Crippen LogP contribution in [0.5, 0.6) is 0 Å². The Morgan fingerprint density at radius 1 is 1.11 bits per heavy atom. The molecule has 1 aromatic heterocycles. The second-order valence-electron chi connectivity index (χ2n) is 7.10. The van der Waals surface area contributed by atoms with E-state index < -0.39 is 17.7 Å². The van der Waals surface area contributed by atoms with E-state index in [4.69, 9.17) is 0 Å². The van der Waals surface area contributed by atoms with Gasteiger partial charge in [0, 0.05) is 18.0 Å². The van der Waals surface area contributed by atoms with Gasteiger partial charge < -0.3 is 14.9 Å². The van der Waals surface area contributed by atoms with Crippen molar-refractivity contribution in [3.63, 3.8) is 0 Å². The van der Waals surface area contributed by atoms with Gasteiger partial charge in [0.2, 0.25) is 0 Å². The third kappa shape index (κ3) is 3.75. The molecular weight excluding hydrogens is 342 g/mol. The van der Waals surface area contributed by atoms with Gasteiger partial charge in [-0.2, -0.15) is 0 Å². The van der Waals surface area contributed by atoms with Crippen LogP contribution >= 0.6 is 0 Å². The Kier molecular flexibility index (Phi) is 5.37. The number of aromatic nitrogens is 1. The number of likely N-dealkylation sites (N-methyl/N-ethyl adjacent to an activating group) is 1. The molecule has 6 nitrogen and oxygen atoms in total. The molecule has 0 aliphatic carbocycles. The fraction of sp³-hybridized carbons (Fsp3) is 0.286. The molecule has 1 aromatic carbocycles. The summed E-state index contributed by atoms with van der Waals surface area (Å²) in [5, 5.41) is 10.9. The van der Waals surface area contributed by atoms with Gasteiger partial charge in [0.25, 0.3) is 11.7 Å². The molecule has 0 spiro atoms. The molecule has 1 fully saturated rings. The predicted octanol–water partition coefficient (Wildman–Crippen LogP) is 0.956. The Morgan fingerprint density at radius 2 is 1.74 bits per heavy atom. The Hall–Kier alpha value is -2.99. The van der Waals surface area contributed by atoms with Crippen molar-refractivity contribution in [2.75, 3.05) is 27.2 Å². The first kappa shape index (κ1) is 18.8. The maximum atomic E-state index is 12.8. The normalized spacial score (nSPS) is 19.1. The molecule has 140 valence electrons. The lowest BCUT2D eigenvalue weighted by Gasteiger charge is -2.25. The Bertz CT molecular complexity index is 873. The van der Waals surface area contributed by atoms with Crippen molar-refractivity contribution in [2.45, 2.75) is 13.0 Å². The standard InChI is InChI=1S/C21H23N3O3/c1-14-4-6-16(7-5-14)19(25)17-18(15-8-10-22-11-9-15)24(13-12-23(2)3)21(27)20(17)26/h4-11,18,25H,12-13H2,1-3H3/p+1/t18-/m1/s1. The molecule has 27 heavy (non-hydrogen) atoms. The summed E-state index contributed by atoms with van der Waals surface area (Å²) in [6.45, 7) is 3.06. The minimum Gasteiger partial charge on any atom is -0.507 e. The summed E-state index contributed by atoms with van der Waals surface area (Å²) in [7, 11) is 3.98. The van der Waals surface area contributed by atoms with Crippen molar-refractivity contribution in [2.24, 2.45) is 0 Å². The van der Waals surface area contributed by atoms with Crippen LogP contribution in [-0.4, -0.2) is 53.9 Å². The fourth-order valence-corrected chi connectivity index (χ4v) is 3.21. The van der Waals surface area contributed by atoms with Gasteiger partial charge in [-0.1, -0.05) is 29.8 Å². The Labute approximate surface area is 158 Å². The molecule has 0 unspecified atom stereocenters. The van der Waals surface area contributed by atoms with Crippen molar-refractivity contribution in [1.82, 2.24) is 9.88 Å². The lowest BCUT2D eigenvalue weighted by molar-refractivity contribution is -0.857. The number of quaternary nitrogens is 1. The number of Topliss-reactive ketones (excluding diaryl/α,β-unsaturated/α-hetero) is 1. The molecular formula is C21H24N3O3+. The van der Waals surface area contributed by atoms with Gasteiger partial charge in [-0.25, -0.2) is 0 Å². The van der Waals surface area contributed by atoms with E-state index in [1.54, 1.807) is 41.6 Å². The number of hydrogen-bond donors (Lipinski definition) is 2. The minimum absolute atomic E-state index is 0.129. The van der Waals surface area contributed by atoms with Crippen LogP contribution in [0.1, 0.15) is 22.7 Å². The van der Waals surface area contributed by atoms with Crippen LogP contribution < -0.4 is 4.90 Å². The average molecular weight is 366 g/mol. The highest BCUT2D eigenvalue weighted by Crippen LogP contribution is 2.38. The molecule has 3 rings (SSSR count). The summed E-state index contributed by atoms with van der Waals surface area (Å²) in [5.74, 6) is -1.37. The van der Waals surface area contributed by atoms with Crippen molar-refractivity contribution in [3.05, 3.63) is 71.1 Å². The zero-order chi connectivity index (χ0) is 19.6. The molecule has 6 heteroatoms. The lowest BCUT2D eigenvalue weighted by Crippen LogP contribution is -3.06. The zero-order valence-corrected chi connectivity index (χ0v) is 15.8. The molecule has 0 radical (unpaired) electrons. The number of rotatable bonds is 5. The number of nitrogens with one attached hydrogen (secondary N) is 1. The highest BCUT2D eigenvalue weighted by molar-refractivity contribution is 6.46. The van der Waals surface area contributed by atoms with E-state index >= 15 is 0 Å². The molecule has 1 aliphatic heterocycles. The van der Waals surface area contributed by atoms with E-state index in [9.17, 15) is 14.7 Å². The molecule has 1 atom stereocenters. The van der Waals surface area contributed by atoms with Crippen LogP contribution in [0.25, 0.3) is 5.76 Å². The zero-order valence-electron chi connectivity index (χ0n) is 15.8. The topological polar surface area (TPSA) is 74.9 Å². The third-order valence-electron chi connectivity index (χ3n) is 4.74. The van der Waals surface area contributed by atoms with E-state index in [-0.39, 0.29) is 11.3 Å². The number of hydrogen-bond acceptors (Lipinski definition) is 4. The van der Waals surface area contributed by atoms with Crippen molar-refractivity contribution in [1.29, 1.82) is 0 Å². The predicted molar refractivity (Wildman–Crippen MR) is 102 cm³/mol. The minimum atomic E-state index is -0.649. The Balaban J connectivity index is 2.12. The first-order valence-electron chi connectivity index (χ1n) is 8.94. The second kappa shape index (κ2) is 7.72. The smallest absolute Gasteiger partial charge is 0.295 e. The van der Waals surface area contributed by atoms with Crippen molar-refractivity contribution < 1.29 is 19.6 Å². The molecule has 2 N–H and O–H groups in total. The number of likely N-dealkylation sites (tertiary alicyclic amines) is 1. The maximum Gasteiger partial charge on any atom is 0.295 e. The molecule has 1 amide bonds. The van der Waals surface area contributed by atoms with Gasteiger partial charge in [-0.05, 0) is 24.6 Å². The second-order valence-corrected chi connectivity index (χ2v) is 7.10. The lowest BCUT2D eigenvalue weighted by atomic mass is 9.95. The fourth-order valence-electron chi connectivity index (χ4n) is 3.21. The number of carbonyl (C=O) groups is 2. The van der Waals surface area contributed by atoms with Gasteiger partial charge in [-0.15, -0.1) is 0 Å². The highest BCUT2D eigenvalue weighted by atomic mass is 16.3.